The lowest BCUT2D eigenvalue weighted by Crippen LogP contribution is -2.45. The maximum atomic E-state index is 13.7. The largest absolute Gasteiger partial charge is 0.349 e. The number of fused-ring (bicyclic) bond motifs is 2. The third kappa shape index (κ3) is 2.55. The lowest BCUT2D eigenvalue weighted by atomic mass is 9.84. The molecule has 5 unspecified atom stereocenters. The van der Waals surface area contributed by atoms with Crippen molar-refractivity contribution in [1.29, 1.82) is 0 Å². The Morgan fingerprint density at radius 2 is 2.05 bits per heavy atom. The first-order valence-electron chi connectivity index (χ1n) is 7.48. The fourth-order valence-electron chi connectivity index (χ4n) is 3.96. The number of halogens is 2. The van der Waals surface area contributed by atoms with Gasteiger partial charge in [0.05, 0.1) is 12.0 Å². The number of benzene rings is 1. The zero-order valence-corrected chi connectivity index (χ0v) is 12.0. The van der Waals surface area contributed by atoms with E-state index in [9.17, 15) is 13.6 Å². The van der Waals surface area contributed by atoms with E-state index in [1.807, 2.05) is 0 Å². The van der Waals surface area contributed by atoms with Crippen molar-refractivity contribution in [2.24, 2.45) is 23.5 Å². The summed E-state index contributed by atoms with van der Waals surface area (Å²) >= 11 is 0. The van der Waals surface area contributed by atoms with Gasteiger partial charge in [0.1, 0.15) is 11.6 Å². The van der Waals surface area contributed by atoms with Crippen molar-refractivity contribution in [3.8, 4) is 0 Å². The fourth-order valence-corrected chi connectivity index (χ4v) is 3.96. The van der Waals surface area contributed by atoms with Gasteiger partial charge >= 0.3 is 0 Å². The first-order valence-corrected chi connectivity index (χ1v) is 7.48. The van der Waals surface area contributed by atoms with Gasteiger partial charge in [-0.3, -0.25) is 4.79 Å². The number of carbonyl (C=O) groups is 1. The summed E-state index contributed by atoms with van der Waals surface area (Å²) in [5, 5.41) is 2.83. The Hall–Kier alpha value is -1.49. The summed E-state index contributed by atoms with van der Waals surface area (Å²) < 4.78 is 26.7. The molecule has 0 aliphatic heterocycles. The predicted molar refractivity (Wildman–Crippen MR) is 75.2 cm³/mol. The van der Waals surface area contributed by atoms with E-state index < -0.39 is 17.7 Å². The standard InChI is InChI=1S/C16H20F2N2O/c1-8(12-5-4-11(17)7-13(12)18)20-16(21)14-9-2-3-10(6-9)15(14)19/h4-5,7-10,14-15H,2-3,6,19H2,1H3,(H,20,21). The van der Waals surface area contributed by atoms with E-state index in [4.69, 9.17) is 5.73 Å². The van der Waals surface area contributed by atoms with Gasteiger partial charge in [-0.1, -0.05) is 6.07 Å². The van der Waals surface area contributed by atoms with Crippen LogP contribution < -0.4 is 11.1 Å². The second-order valence-electron chi connectivity index (χ2n) is 6.33. The second-order valence-corrected chi connectivity index (χ2v) is 6.33. The highest BCUT2D eigenvalue weighted by atomic mass is 19.1. The van der Waals surface area contributed by atoms with Crippen molar-refractivity contribution in [3.05, 3.63) is 35.4 Å². The van der Waals surface area contributed by atoms with E-state index in [1.54, 1.807) is 6.92 Å². The van der Waals surface area contributed by atoms with E-state index in [2.05, 4.69) is 5.32 Å². The molecule has 0 heterocycles. The number of hydrogen-bond donors (Lipinski definition) is 2. The van der Waals surface area contributed by atoms with Crippen LogP contribution in [0.3, 0.4) is 0 Å². The summed E-state index contributed by atoms with van der Waals surface area (Å²) in [5.41, 5.74) is 6.44. The molecule has 0 spiro atoms. The minimum absolute atomic E-state index is 0.0889. The number of hydrogen-bond acceptors (Lipinski definition) is 2. The molecule has 0 saturated heterocycles. The molecular formula is C16H20F2N2O. The lowest BCUT2D eigenvalue weighted by molar-refractivity contribution is -0.127. The summed E-state index contributed by atoms with van der Waals surface area (Å²) in [6.45, 7) is 1.70. The van der Waals surface area contributed by atoms with Crippen molar-refractivity contribution >= 4 is 5.91 Å². The Morgan fingerprint density at radius 3 is 2.67 bits per heavy atom. The van der Waals surface area contributed by atoms with Crippen molar-refractivity contribution in [2.75, 3.05) is 0 Å². The van der Waals surface area contributed by atoms with Gasteiger partial charge in [-0.25, -0.2) is 8.78 Å². The van der Waals surface area contributed by atoms with Crippen molar-refractivity contribution < 1.29 is 13.6 Å². The molecule has 2 aliphatic carbocycles. The van der Waals surface area contributed by atoms with Gasteiger partial charge in [0.2, 0.25) is 5.91 Å². The molecule has 0 radical (unpaired) electrons. The third-order valence-corrected chi connectivity index (χ3v) is 5.07. The third-order valence-electron chi connectivity index (χ3n) is 5.07. The minimum Gasteiger partial charge on any atom is -0.349 e. The first kappa shape index (κ1) is 14.4. The average Bonchev–Trinajstić information content (AvgIpc) is 2.98. The normalized spacial score (nSPS) is 32.2. The molecule has 2 saturated carbocycles. The minimum atomic E-state index is -0.639. The Kier molecular flexibility index (Phi) is 3.69. The smallest absolute Gasteiger partial charge is 0.225 e. The highest BCUT2D eigenvalue weighted by Gasteiger charge is 2.49. The second kappa shape index (κ2) is 5.37. The molecule has 0 aromatic heterocycles. The molecule has 3 N–H and O–H groups in total. The Bertz CT molecular complexity index is 561. The van der Waals surface area contributed by atoms with Crippen LogP contribution >= 0.6 is 0 Å². The van der Waals surface area contributed by atoms with E-state index in [-0.39, 0.29) is 17.9 Å². The molecule has 114 valence electrons. The van der Waals surface area contributed by atoms with Gasteiger partial charge in [-0.05, 0) is 44.1 Å². The molecule has 5 atom stereocenters. The van der Waals surface area contributed by atoms with Crippen LogP contribution in [0.15, 0.2) is 18.2 Å². The molecule has 1 amide bonds. The molecule has 1 aromatic carbocycles. The number of carbonyl (C=O) groups excluding carboxylic acids is 1. The summed E-state index contributed by atoms with van der Waals surface area (Å²) in [6, 6.07) is 2.82. The monoisotopic (exact) mass is 294 g/mol. The van der Waals surface area contributed by atoms with Gasteiger partial charge in [0.15, 0.2) is 0 Å². The number of nitrogens with two attached hydrogens (primary N) is 1. The van der Waals surface area contributed by atoms with E-state index in [0.717, 1.165) is 25.3 Å². The topological polar surface area (TPSA) is 55.1 Å². The summed E-state index contributed by atoms with van der Waals surface area (Å²) in [4.78, 5) is 12.4. The molecule has 3 nitrogen and oxygen atoms in total. The van der Waals surface area contributed by atoms with Gasteiger partial charge in [0, 0.05) is 17.7 Å². The van der Waals surface area contributed by atoms with Crippen LogP contribution in [0.25, 0.3) is 0 Å². The predicted octanol–water partition coefficient (Wildman–Crippen LogP) is 2.52. The molecule has 2 bridgehead atoms. The number of nitrogens with one attached hydrogen (secondary N) is 1. The summed E-state index contributed by atoms with van der Waals surface area (Å²) in [5.74, 6) is -0.732. The van der Waals surface area contributed by atoms with Gasteiger partial charge in [0.25, 0.3) is 0 Å². The highest BCUT2D eigenvalue weighted by molar-refractivity contribution is 5.80. The maximum absolute atomic E-state index is 13.7. The van der Waals surface area contributed by atoms with Crippen molar-refractivity contribution in [1.82, 2.24) is 5.32 Å². The molecule has 21 heavy (non-hydrogen) atoms. The Morgan fingerprint density at radius 1 is 1.33 bits per heavy atom. The van der Waals surface area contributed by atoms with Gasteiger partial charge in [-0.2, -0.15) is 0 Å². The fraction of sp³-hybridized carbons (Fsp3) is 0.562. The molecule has 1 aromatic rings. The summed E-state index contributed by atoms with van der Waals surface area (Å²) in [7, 11) is 0. The lowest BCUT2D eigenvalue weighted by Gasteiger charge is -2.28. The van der Waals surface area contributed by atoms with Crippen LogP contribution in [0.5, 0.6) is 0 Å². The van der Waals surface area contributed by atoms with Gasteiger partial charge in [-0.15, -0.1) is 0 Å². The molecule has 3 rings (SSSR count). The zero-order valence-electron chi connectivity index (χ0n) is 12.0. The van der Waals surface area contributed by atoms with E-state index >= 15 is 0 Å². The van der Waals surface area contributed by atoms with Crippen LogP contribution in [-0.4, -0.2) is 11.9 Å². The summed E-state index contributed by atoms with van der Waals surface area (Å²) in [6.07, 6.45) is 3.19. The first-order chi connectivity index (χ1) is 9.97. The molecular weight excluding hydrogens is 274 g/mol. The van der Waals surface area contributed by atoms with Crippen LogP contribution in [0, 0.1) is 29.4 Å². The quantitative estimate of drug-likeness (QED) is 0.900. The number of amides is 1. The van der Waals surface area contributed by atoms with Crippen molar-refractivity contribution in [3.63, 3.8) is 0 Å². The zero-order chi connectivity index (χ0) is 15.1. The van der Waals surface area contributed by atoms with Crippen LogP contribution in [0.4, 0.5) is 8.78 Å². The van der Waals surface area contributed by atoms with Crippen LogP contribution in [-0.2, 0) is 4.79 Å². The van der Waals surface area contributed by atoms with Crippen LogP contribution in [0.2, 0.25) is 0 Å². The Balaban J connectivity index is 1.70. The molecule has 2 aliphatic rings. The van der Waals surface area contributed by atoms with E-state index in [0.29, 0.717) is 17.4 Å². The Labute approximate surface area is 122 Å². The SMILES string of the molecule is CC(NC(=O)C1C2CCC(C2)C1N)c1ccc(F)cc1F. The average molecular weight is 294 g/mol. The number of rotatable bonds is 3. The van der Waals surface area contributed by atoms with E-state index in [1.165, 1.54) is 12.1 Å². The molecule has 2 fully saturated rings. The molecule has 5 heteroatoms. The van der Waals surface area contributed by atoms with Crippen LogP contribution in [0.1, 0.15) is 37.8 Å². The van der Waals surface area contributed by atoms with Crippen molar-refractivity contribution in [2.45, 2.75) is 38.3 Å². The maximum Gasteiger partial charge on any atom is 0.225 e. The highest BCUT2D eigenvalue weighted by Crippen LogP contribution is 2.47. The van der Waals surface area contributed by atoms with Gasteiger partial charge < -0.3 is 11.1 Å².